The quantitative estimate of drug-likeness (QED) is 0.802. The highest BCUT2D eigenvalue weighted by molar-refractivity contribution is 7.13. The molecule has 2 N–H and O–H groups in total. The molecule has 1 aromatic rings. The molecule has 0 radical (unpaired) electrons. The summed E-state index contributed by atoms with van der Waals surface area (Å²) in [6, 6.07) is 0. The highest BCUT2D eigenvalue weighted by atomic mass is 32.1. The van der Waals surface area contributed by atoms with Crippen LogP contribution in [0.25, 0.3) is 5.57 Å². The molecule has 0 aromatic carbocycles. The number of hydrogen-bond acceptors (Lipinski definition) is 3. The molecule has 0 spiro atoms. The van der Waals surface area contributed by atoms with Crippen LogP contribution in [0.4, 0.5) is 5.13 Å². The van der Waals surface area contributed by atoms with Gasteiger partial charge >= 0.3 is 0 Å². The monoisotopic (exact) mass is 196 g/mol. The molecule has 0 aliphatic carbocycles. The second-order valence-corrected chi connectivity index (χ2v) is 3.83. The molecule has 0 aliphatic heterocycles. The molecule has 1 heterocycles. The first-order chi connectivity index (χ1) is 6.27. The predicted octanol–water partition coefficient (Wildman–Crippen LogP) is 3.32. The van der Waals surface area contributed by atoms with E-state index in [-0.39, 0.29) is 0 Å². The predicted molar refractivity (Wildman–Crippen MR) is 59.7 cm³/mol. The van der Waals surface area contributed by atoms with Crippen LogP contribution in [0.5, 0.6) is 0 Å². The number of thiazole rings is 1. The summed E-state index contributed by atoms with van der Waals surface area (Å²) in [5, 5.41) is 2.69. The number of anilines is 1. The standard InChI is InChI=1S/C10H16N2S/c1-3-5-6-8(4-2)9-7-13-10(11)12-9/h6-7H,3-5H2,1-2H3,(H2,11,12)/b8-6+. The van der Waals surface area contributed by atoms with E-state index in [2.05, 4.69) is 24.9 Å². The molecule has 0 atom stereocenters. The molecule has 0 amide bonds. The maximum atomic E-state index is 5.58. The Balaban J connectivity index is 2.77. The zero-order valence-corrected chi connectivity index (χ0v) is 9.03. The van der Waals surface area contributed by atoms with Crippen LogP contribution in [0.2, 0.25) is 0 Å². The number of nitrogens with zero attached hydrogens (tertiary/aromatic N) is 1. The van der Waals surface area contributed by atoms with E-state index in [4.69, 9.17) is 5.73 Å². The first-order valence-electron chi connectivity index (χ1n) is 4.68. The molecule has 0 saturated heterocycles. The van der Waals surface area contributed by atoms with Crippen molar-refractivity contribution >= 4 is 22.0 Å². The fourth-order valence-corrected chi connectivity index (χ4v) is 1.77. The fraction of sp³-hybridized carbons (Fsp3) is 0.500. The van der Waals surface area contributed by atoms with Crippen molar-refractivity contribution < 1.29 is 0 Å². The van der Waals surface area contributed by atoms with Gasteiger partial charge in [-0.15, -0.1) is 11.3 Å². The van der Waals surface area contributed by atoms with Crippen molar-refractivity contribution in [2.75, 3.05) is 5.73 Å². The highest BCUT2D eigenvalue weighted by Gasteiger charge is 2.02. The van der Waals surface area contributed by atoms with Gasteiger partial charge in [-0.3, -0.25) is 0 Å². The Bertz CT molecular complexity index is 289. The van der Waals surface area contributed by atoms with E-state index in [0.717, 1.165) is 18.5 Å². The molecule has 2 nitrogen and oxygen atoms in total. The lowest BCUT2D eigenvalue weighted by molar-refractivity contribution is 0.954. The minimum absolute atomic E-state index is 0.658. The van der Waals surface area contributed by atoms with Crippen molar-refractivity contribution in [2.24, 2.45) is 0 Å². The second-order valence-electron chi connectivity index (χ2n) is 2.94. The van der Waals surface area contributed by atoms with Gasteiger partial charge < -0.3 is 5.73 Å². The first-order valence-corrected chi connectivity index (χ1v) is 5.56. The fourth-order valence-electron chi connectivity index (χ4n) is 1.18. The summed E-state index contributed by atoms with van der Waals surface area (Å²) in [4.78, 5) is 4.26. The molecule has 0 saturated carbocycles. The lowest BCUT2D eigenvalue weighted by Crippen LogP contribution is -1.86. The Kier molecular flexibility index (Phi) is 3.96. The van der Waals surface area contributed by atoms with Crippen LogP contribution in [-0.2, 0) is 0 Å². The maximum absolute atomic E-state index is 5.58. The number of unbranched alkanes of at least 4 members (excludes halogenated alkanes) is 1. The molecule has 3 heteroatoms. The van der Waals surface area contributed by atoms with Crippen molar-refractivity contribution in [1.29, 1.82) is 0 Å². The number of aromatic nitrogens is 1. The van der Waals surface area contributed by atoms with Crippen LogP contribution in [0.15, 0.2) is 11.5 Å². The number of nitrogens with two attached hydrogens (primary N) is 1. The van der Waals surface area contributed by atoms with E-state index in [1.807, 2.05) is 5.38 Å². The number of hydrogen-bond donors (Lipinski definition) is 1. The second kappa shape index (κ2) is 5.02. The van der Waals surface area contributed by atoms with Crippen molar-refractivity contribution in [3.63, 3.8) is 0 Å². The Morgan fingerprint density at radius 2 is 2.38 bits per heavy atom. The molecule has 0 aliphatic rings. The van der Waals surface area contributed by atoms with Gasteiger partial charge in [0.1, 0.15) is 0 Å². The Labute approximate surface area is 83.5 Å². The summed E-state index contributed by atoms with van der Waals surface area (Å²) in [6.45, 7) is 4.33. The van der Waals surface area contributed by atoms with Crippen molar-refractivity contribution in [3.8, 4) is 0 Å². The van der Waals surface area contributed by atoms with Gasteiger partial charge in [0.2, 0.25) is 0 Å². The largest absolute Gasteiger partial charge is 0.375 e. The van der Waals surface area contributed by atoms with E-state index in [1.165, 1.54) is 23.3 Å². The third kappa shape index (κ3) is 2.84. The van der Waals surface area contributed by atoms with E-state index < -0.39 is 0 Å². The van der Waals surface area contributed by atoms with Crippen LogP contribution < -0.4 is 5.73 Å². The molecule has 0 fully saturated rings. The zero-order valence-electron chi connectivity index (χ0n) is 8.21. The van der Waals surface area contributed by atoms with Crippen LogP contribution in [0.1, 0.15) is 38.8 Å². The number of rotatable bonds is 4. The van der Waals surface area contributed by atoms with E-state index in [9.17, 15) is 0 Å². The molecular weight excluding hydrogens is 180 g/mol. The normalized spacial score (nSPS) is 12.0. The Morgan fingerprint density at radius 1 is 1.62 bits per heavy atom. The van der Waals surface area contributed by atoms with Crippen LogP contribution in [0, 0.1) is 0 Å². The van der Waals surface area contributed by atoms with Crippen LogP contribution >= 0.6 is 11.3 Å². The van der Waals surface area contributed by atoms with Crippen molar-refractivity contribution in [3.05, 3.63) is 17.2 Å². The SMILES string of the molecule is CCC/C=C(\CC)c1csc(N)n1. The lowest BCUT2D eigenvalue weighted by atomic mass is 10.1. The van der Waals surface area contributed by atoms with Gasteiger partial charge in [-0.2, -0.15) is 0 Å². The smallest absolute Gasteiger partial charge is 0.180 e. The van der Waals surface area contributed by atoms with Gasteiger partial charge in [-0.1, -0.05) is 26.3 Å². The maximum Gasteiger partial charge on any atom is 0.180 e. The molecule has 0 bridgehead atoms. The summed E-state index contributed by atoms with van der Waals surface area (Å²) < 4.78 is 0. The topological polar surface area (TPSA) is 38.9 Å². The van der Waals surface area contributed by atoms with Gasteiger partial charge in [0.15, 0.2) is 5.13 Å². The van der Waals surface area contributed by atoms with Gasteiger partial charge in [0.05, 0.1) is 5.69 Å². The third-order valence-electron chi connectivity index (χ3n) is 1.91. The molecule has 0 unspecified atom stereocenters. The molecule has 72 valence electrons. The number of nitrogen functional groups attached to an aromatic ring is 1. The van der Waals surface area contributed by atoms with E-state index >= 15 is 0 Å². The van der Waals surface area contributed by atoms with Crippen molar-refractivity contribution in [2.45, 2.75) is 33.1 Å². The van der Waals surface area contributed by atoms with E-state index in [1.54, 1.807) is 0 Å². The van der Waals surface area contributed by atoms with Gasteiger partial charge in [0.25, 0.3) is 0 Å². The Hall–Kier alpha value is -0.830. The minimum Gasteiger partial charge on any atom is -0.375 e. The highest BCUT2D eigenvalue weighted by Crippen LogP contribution is 2.22. The average Bonchev–Trinajstić information content (AvgIpc) is 2.54. The van der Waals surface area contributed by atoms with Gasteiger partial charge in [0, 0.05) is 5.38 Å². The summed E-state index contributed by atoms with van der Waals surface area (Å²) in [5.41, 5.74) is 7.95. The average molecular weight is 196 g/mol. The first kappa shape index (κ1) is 10.3. The zero-order chi connectivity index (χ0) is 9.68. The van der Waals surface area contributed by atoms with E-state index in [0.29, 0.717) is 5.13 Å². The summed E-state index contributed by atoms with van der Waals surface area (Å²) in [6.07, 6.45) is 5.60. The van der Waals surface area contributed by atoms with Crippen LogP contribution in [-0.4, -0.2) is 4.98 Å². The summed E-state index contributed by atoms with van der Waals surface area (Å²) in [7, 11) is 0. The molecular formula is C10H16N2S. The summed E-state index contributed by atoms with van der Waals surface area (Å²) >= 11 is 1.51. The number of allylic oxidation sites excluding steroid dienone is 2. The molecule has 13 heavy (non-hydrogen) atoms. The molecule has 1 rings (SSSR count). The van der Waals surface area contributed by atoms with Gasteiger partial charge in [-0.05, 0) is 18.4 Å². The van der Waals surface area contributed by atoms with Gasteiger partial charge in [-0.25, -0.2) is 4.98 Å². The minimum atomic E-state index is 0.658. The van der Waals surface area contributed by atoms with Crippen LogP contribution in [0.3, 0.4) is 0 Å². The molecule has 1 aromatic heterocycles. The third-order valence-corrected chi connectivity index (χ3v) is 2.59. The Morgan fingerprint density at radius 3 is 2.85 bits per heavy atom. The lowest BCUT2D eigenvalue weighted by Gasteiger charge is -1.99. The van der Waals surface area contributed by atoms with Crippen molar-refractivity contribution in [1.82, 2.24) is 4.98 Å². The summed E-state index contributed by atoms with van der Waals surface area (Å²) in [5.74, 6) is 0.